The van der Waals surface area contributed by atoms with Gasteiger partial charge in [0.25, 0.3) is 12.3 Å². The molecule has 4 rings (SSSR count). The van der Waals surface area contributed by atoms with Crippen LogP contribution in [0.1, 0.15) is 50.2 Å². The highest BCUT2D eigenvalue weighted by atomic mass is 32.2. The molecule has 0 radical (unpaired) electrons. The topological polar surface area (TPSA) is 65.0 Å². The summed E-state index contributed by atoms with van der Waals surface area (Å²) in [7, 11) is 0. The second-order valence-electron chi connectivity index (χ2n) is 7.05. The van der Waals surface area contributed by atoms with Crippen LogP contribution in [0.2, 0.25) is 0 Å². The minimum absolute atomic E-state index is 0.127. The zero-order chi connectivity index (χ0) is 16.7. The number of rotatable bonds is 4. The van der Waals surface area contributed by atoms with Gasteiger partial charge in [0.05, 0.1) is 0 Å². The molecule has 5 nitrogen and oxygen atoms in total. The molecule has 0 saturated heterocycles. The number of fused-ring (bicyclic) bond motifs is 4. The van der Waals surface area contributed by atoms with Gasteiger partial charge in [-0.1, -0.05) is 27.9 Å². The monoisotopic (exact) mass is 348 g/mol. The van der Waals surface area contributed by atoms with Crippen LogP contribution in [0.15, 0.2) is 23.8 Å². The summed E-state index contributed by atoms with van der Waals surface area (Å²) in [5, 5.41) is 11.6. The number of carbonyl (C=O) groups is 1. The number of hydrogen-bond donors (Lipinski definition) is 1. The van der Waals surface area contributed by atoms with E-state index in [0.29, 0.717) is 29.8 Å². The fourth-order valence-electron chi connectivity index (χ4n) is 4.79. The van der Waals surface area contributed by atoms with Gasteiger partial charge in [-0.05, 0) is 66.9 Å². The summed E-state index contributed by atoms with van der Waals surface area (Å²) in [5.74, 6) is 1.55. The standard InChI is InChI=1S/C18H20O5S/c1-18-9-8-14-13-5-3-12(21-24-23-22-20)10-11(13)2-4-15(14)16(18)6-7-17(18)19/h3,5,10,16,20H,2,4,6-9H2,1H3/t16?,18-/m0/s1. The Labute approximate surface area is 145 Å². The summed E-state index contributed by atoms with van der Waals surface area (Å²) in [5.41, 5.74) is 5.40. The quantitative estimate of drug-likeness (QED) is 0.373. The molecule has 2 atom stereocenters. The summed E-state index contributed by atoms with van der Waals surface area (Å²) in [6, 6.07) is 6.01. The molecule has 3 aliphatic carbocycles. The largest absolute Gasteiger partial charge is 0.399 e. The second kappa shape index (κ2) is 6.19. The van der Waals surface area contributed by atoms with E-state index in [1.165, 1.54) is 22.3 Å². The Morgan fingerprint density at radius 2 is 2.12 bits per heavy atom. The number of benzene rings is 1. The molecule has 0 heterocycles. The summed E-state index contributed by atoms with van der Waals surface area (Å²) in [6.45, 7) is 2.17. The van der Waals surface area contributed by atoms with Gasteiger partial charge >= 0.3 is 0 Å². The lowest BCUT2D eigenvalue weighted by Crippen LogP contribution is -2.34. The highest BCUT2D eigenvalue weighted by Crippen LogP contribution is 2.56. The van der Waals surface area contributed by atoms with Crippen LogP contribution in [0, 0.1) is 11.3 Å². The van der Waals surface area contributed by atoms with Gasteiger partial charge < -0.3 is 4.18 Å². The molecule has 1 N–H and O–H groups in total. The maximum absolute atomic E-state index is 12.3. The minimum Gasteiger partial charge on any atom is -0.399 e. The molecule has 24 heavy (non-hydrogen) atoms. The molecule has 0 aliphatic heterocycles. The van der Waals surface area contributed by atoms with Crippen LogP contribution in [0.5, 0.6) is 5.75 Å². The maximum Gasteiger partial charge on any atom is 0.261 e. The Balaban J connectivity index is 1.64. The van der Waals surface area contributed by atoms with Gasteiger partial charge in [0.2, 0.25) is 0 Å². The average molecular weight is 348 g/mol. The SMILES string of the molecule is C[C@]12CCC3=C(CCc4cc(OSOOO)ccc43)C1CCC2=O. The molecule has 1 aromatic carbocycles. The summed E-state index contributed by atoms with van der Waals surface area (Å²) >= 11 is 0.570. The molecule has 0 spiro atoms. The van der Waals surface area contributed by atoms with Crippen LogP contribution in [-0.4, -0.2) is 11.0 Å². The molecule has 3 aliphatic rings. The van der Waals surface area contributed by atoms with Gasteiger partial charge in [0, 0.05) is 11.8 Å². The van der Waals surface area contributed by atoms with Crippen LogP contribution < -0.4 is 4.18 Å². The number of allylic oxidation sites excluding steroid dienone is 2. The lowest BCUT2D eigenvalue weighted by atomic mass is 9.63. The molecule has 1 aromatic rings. The summed E-state index contributed by atoms with van der Waals surface area (Å²) in [6.07, 6.45) is 5.69. The Hall–Kier alpha value is -1.34. The number of ketones is 1. The Kier molecular flexibility index (Phi) is 4.16. The number of hydrogen-bond acceptors (Lipinski definition) is 6. The first-order chi connectivity index (χ1) is 11.6. The molecule has 6 heteroatoms. The van der Waals surface area contributed by atoms with Gasteiger partial charge in [-0.3, -0.25) is 4.79 Å². The normalized spacial score (nSPS) is 28.4. The molecular weight excluding hydrogens is 328 g/mol. The van der Waals surface area contributed by atoms with Crippen LogP contribution in [-0.2, 0) is 20.6 Å². The Morgan fingerprint density at radius 3 is 2.96 bits per heavy atom. The smallest absolute Gasteiger partial charge is 0.261 e. The molecule has 0 bridgehead atoms. The molecule has 0 amide bonds. The number of carbonyl (C=O) groups excluding carboxylic acids is 1. The van der Waals surface area contributed by atoms with Gasteiger partial charge in [0.1, 0.15) is 11.5 Å². The van der Waals surface area contributed by atoms with Crippen molar-refractivity contribution in [3.05, 3.63) is 34.9 Å². The Bertz CT molecular complexity index is 713. The fraction of sp³-hybridized carbons (Fsp3) is 0.500. The van der Waals surface area contributed by atoms with Crippen LogP contribution in [0.4, 0.5) is 0 Å². The van der Waals surface area contributed by atoms with Gasteiger partial charge in [-0.25, -0.2) is 5.26 Å². The van der Waals surface area contributed by atoms with E-state index in [-0.39, 0.29) is 5.41 Å². The van der Waals surface area contributed by atoms with E-state index < -0.39 is 0 Å². The third-order valence-electron chi connectivity index (χ3n) is 6.02. The lowest BCUT2D eigenvalue weighted by molar-refractivity contribution is -0.433. The van der Waals surface area contributed by atoms with Gasteiger partial charge in [0.15, 0.2) is 0 Å². The lowest BCUT2D eigenvalue weighted by Gasteiger charge is -2.40. The molecule has 1 fully saturated rings. The first kappa shape index (κ1) is 16.1. The maximum atomic E-state index is 12.3. The number of Topliss-reactive ketones (excluding diaryl/α,β-unsaturated/α-hetero) is 1. The second-order valence-corrected chi connectivity index (χ2v) is 7.49. The van der Waals surface area contributed by atoms with Crippen molar-refractivity contribution in [2.75, 3.05) is 0 Å². The van der Waals surface area contributed by atoms with Crippen molar-refractivity contribution in [3.63, 3.8) is 0 Å². The van der Waals surface area contributed by atoms with Crippen molar-refractivity contribution in [3.8, 4) is 5.75 Å². The fourth-order valence-corrected chi connectivity index (χ4v) is 5.03. The first-order valence-electron chi connectivity index (χ1n) is 8.33. The third kappa shape index (κ3) is 2.49. The zero-order valence-corrected chi connectivity index (χ0v) is 14.4. The van der Waals surface area contributed by atoms with Crippen molar-refractivity contribution >= 4 is 23.7 Å². The predicted octanol–water partition coefficient (Wildman–Crippen LogP) is 4.53. The number of aryl methyl sites for hydroxylation is 1. The third-order valence-corrected chi connectivity index (χ3v) is 6.40. The van der Waals surface area contributed by atoms with Crippen LogP contribution >= 0.6 is 12.3 Å². The average Bonchev–Trinajstić information content (AvgIpc) is 2.90. The van der Waals surface area contributed by atoms with Gasteiger partial charge in [-0.2, -0.15) is 0 Å². The molecule has 1 saturated carbocycles. The summed E-state index contributed by atoms with van der Waals surface area (Å²) in [4.78, 5) is 12.3. The van der Waals surface area contributed by atoms with Crippen molar-refractivity contribution < 1.29 is 23.6 Å². The van der Waals surface area contributed by atoms with E-state index in [2.05, 4.69) is 22.4 Å². The molecule has 1 unspecified atom stereocenters. The predicted molar refractivity (Wildman–Crippen MR) is 89.8 cm³/mol. The van der Waals surface area contributed by atoms with E-state index >= 15 is 0 Å². The van der Waals surface area contributed by atoms with E-state index in [4.69, 9.17) is 9.44 Å². The van der Waals surface area contributed by atoms with E-state index in [1.807, 2.05) is 12.1 Å². The van der Waals surface area contributed by atoms with Crippen molar-refractivity contribution in [1.82, 2.24) is 0 Å². The Morgan fingerprint density at radius 1 is 1.25 bits per heavy atom. The molecule has 128 valence electrons. The van der Waals surface area contributed by atoms with Crippen LogP contribution in [0.25, 0.3) is 5.57 Å². The van der Waals surface area contributed by atoms with E-state index in [1.54, 1.807) is 0 Å². The van der Waals surface area contributed by atoms with E-state index in [0.717, 1.165) is 38.5 Å². The van der Waals surface area contributed by atoms with Gasteiger partial charge in [-0.15, -0.1) is 0 Å². The zero-order valence-electron chi connectivity index (χ0n) is 13.5. The minimum atomic E-state index is -0.127. The van der Waals surface area contributed by atoms with Crippen LogP contribution in [0.3, 0.4) is 0 Å². The summed E-state index contributed by atoms with van der Waals surface area (Å²) < 4.78 is 9.54. The molecule has 0 aromatic heterocycles. The first-order valence-corrected chi connectivity index (χ1v) is 9.00. The van der Waals surface area contributed by atoms with E-state index in [9.17, 15) is 4.79 Å². The van der Waals surface area contributed by atoms with Crippen molar-refractivity contribution in [2.45, 2.75) is 45.4 Å². The highest BCUT2D eigenvalue weighted by Gasteiger charge is 2.50. The van der Waals surface area contributed by atoms with Crippen molar-refractivity contribution in [2.24, 2.45) is 11.3 Å². The van der Waals surface area contributed by atoms with Crippen molar-refractivity contribution in [1.29, 1.82) is 0 Å². The highest BCUT2D eigenvalue weighted by molar-refractivity contribution is 7.90. The molecular formula is C18H20O5S.